The predicted octanol–water partition coefficient (Wildman–Crippen LogP) is 3.43. The van der Waals surface area contributed by atoms with Gasteiger partial charge in [0.25, 0.3) is 5.91 Å². The molecule has 0 saturated carbocycles. The highest BCUT2D eigenvalue weighted by Crippen LogP contribution is 2.25. The van der Waals surface area contributed by atoms with Crippen LogP contribution in [0.15, 0.2) is 53.7 Å². The molecule has 3 aromatic rings. The fourth-order valence-corrected chi connectivity index (χ4v) is 4.41. The molecule has 2 N–H and O–H groups in total. The lowest BCUT2D eigenvalue weighted by molar-refractivity contribution is -0.119. The lowest BCUT2D eigenvalue weighted by Crippen LogP contribution is -2.32. The topological polar surface area (TPSA) is 98.1 Å². The molecular weight excluding hydrogens is 438 g/mol. The normalized spacial score (nSPS) is 15.4. The molecule has 1 saturated heterocycles. The molecule has 0 bridgehead atoms. The number of thioether (sulfide) groups is 1. The van der Waals surface area contributed by atoms with Crippen LogP contribution in [-0.2, 0) is 16.6 Å². The first-order valence-corrected chi connectivity index (χ1v) is 11.9. The van der Waals surface area contributed by atoms with Gasteiger partial charge in [0.1, 0.15) is 0 Å². The van der Waals surface area contributed by atoms with Gasteiger partial charge >= 0.3 is 0 Å². The van der Waals surface area contributed by atoms with Crippen molar-refractivity contribution >= 4 is 29.3 Å². The standard InChI is InChI=1S/C24H27N5O3S/c1-16-7-3-4-11-20(16)23(31)26-18-9-5-8-17(13-18)22-27-28-24(29(22)2)33-15-21(30)25-14-19-10-6-12-32-19/h3-5,7-9,11,13,19H,6,10,12,14-15H2,1-2H3,(H,25,30)(H,26,31)/t19-/m0/s1. The van der Waals surface area contributed by atoms with Gasteiger partial charge in [0.2, 0.25) is 5.91 Å². The zero-order valence-corrected chi connectivity index (χ0v) is 19.5. The molecule has 0 spiro atoms. The van der Waals surface area contributed by atoms with Crippen molar-refractivity contribution in [2.75, 3.05) is 24.2 Å². The Morgan fingerprint density at radius 3 is 2.82 bits per heavy atom. The van der Waals surface area contributed by atoms with Crippen LogP contribution in [0.2, 0.25) is 0 Å². The van der Waals surface area contributed by atoms with Crippen LogP contribution in [0.1, 0.15) is 28.8 Å². The van der Waals surface area contributed by atoms with E-state index in [1.165, 1.54) is 11.8 Å². The van der Waals surface area contributed by atoms with E-state index < -0.39 is 0 Å². The van der Waals surface area contributed by atoms with Gasteiger partial charge in [-0.2, -0.15) is 0 Å². The minimum absolute atomic E-state index is 0.0547. The number of ether oxygens (including phenoxy) is 1. The van der Waals surface area contributed by atoms with Gasteiger partial charge in [0.15, 0.2) is 11.0 Å². The number of rotatable bonds is 8. The maximum Gasteiger partial charge on any atom is 0.255 e. The number of hydrogen-bond acceptors (Lipinski definition) is 6. The molecule has 1 atom stereocenters. The number of aryl methyl sites for hydroxylation is 1. The molecule has 2 amide bonds. The van der Waals surface area contributed by atoms with Crippen LogP contribution in [-0.4, -0.2) is 51.6 Å². The second-order valence-corrected chi connectivity index (χ2v) is 8.89. The third-order valence-corrected chi connectivity index (χ3v) is 6.51. The quantitative estimate of drug-likeness (QED) is 0.495. The smallest absolute Gasteiger partial charge is 0.255 e. The minimum atomic E-state index is -0.159. The Labute approximate surface area is 197 Å². The first kappa shape index (κ1) is 23.0. The molecular formula is C24H27N5O3S. The van der Waals surface area contributed by atoms with Crippen LogP contribution >= 0.6 is 11.8 Å². The second kappa shape index (κ2) is 10.6. The Balaban J connectivity index is 1.38. The summed E-state index contributed by atoms with van der Waals surface area (Å²) in [6.45, 7) is 3.23. The van der Waals surface area contributed by atoms with E-state index in [0.717, 1.165) is 30.6 Å². The highest BCUT2D eigenvalue weighted by molar-refractivity contribution is 7.99. The summed E-state index contributed by atoms with van der Waals surface area (Å²) >= 11 is 1.33. The van der Waals surface area contributed by atoms with E-state index in [9.17, 15) is 9.59 Å². The number of carbonyl (C=O) groups excluding carboxylic acids is 2. The first-order valence-electron chi connectivity index (χ1n) is 10.9. The van der Waals surface area contributed by atoms with Crippen molar-refractivity contribution in [2.24, 2.45) is 7.05 Å². The van der Waals surface area contributed by atoms with Crippen LogP contribution in [0.25, 0.3) is 11.4 Å². The summed E-state index contributed by atoms with van der Waals surface area (Å²) in [6, 6.07) is 14.9. The minimum Gasteiger partial charge on any atom is -0.376 e. The molecule has 9 heteroatoms. The number of nitrogens with one attached hydrogen (secondary N) is 2. The molecule has 172 valence electrons. The summed E-state index contributed by atoms with van der Waals surface area (Å²) < 4.78 is 7.38. The lowest BCUT2D eigenvalue weighted by atomic mass is 10.1. The van der Waals surface area contributed by atoms with Crippen LogP contribution in [0.3, 0.4) is 0 Å². The SMILES string of the molecule is Cc1ccccc1C(=O)Nc1cccc(-c2nnc(SCC(=O)NC[C@@H]3CCCO3)n2C)c1. The van der Waals surface area contributed by atoms with Crippen molar-refractivity contribution < 1.29 is 14.3 Å². The molecule has 8 nitrogen and oxygen atoms in total. The number of hydrogen-bond donors (Lipinski definition) is 2. The van der Waals surface area contributed by atoms with Gasteiger partial charge in [-0.05, 0) is 43.5 Å². The monoisotopic (exact) mass is 465 g/mol. The van der Waals surface area contributed by atoms with Gasteiger partial charge in [0.05, 0.1) is 11.9 Å². The van der Waals surface area contributed by atoms with Crippen LogP contribution in [0, 0.1) is 6.92 Å². The number of benzene rings is 2. The van der Waals surface area contributed by atoms with Crippen molar-refractivity contribution in [3.63, 3.8) is 0 Å². The summed E-state index contributed by atoms with van der Waals surface area (Å²) in [5.41, 5.74) is 3.05. The average Bonchev–Trinajstić information content (AvgIpc) is 3.46. The summed E-state index contributed by atoms with van der Waals surface area (Å²) in [7, 11) is 1.86. The Morgan fingerprint density at radius 2 is 2.03 bits per heavy atom. The Kier molecular flexibility index (Phi) is 7.41. The van der Waals surface area contributed by atoms with Crippen molar-refractivity contribution in [3.05, 3.63) is 59.7 Å². The highest BCUT2D eigenvalue weighted by atomic mass is 32.2. The van der Waals surface area contributed by atoms with Crippen molar-refractivity contribution in [1.82, 2.24) is 20.1 Å². The molecule has 0 unspecified atom stereocenters. The summed E-state index contributed by atoms with van der Waals surface area (Å²) in [6.07, 6.45) is 2.16. The molecule has 33 heavy (non-hydrogen) atoms. The van der Waals surface area contributed by atoms with Gasteiger partial charge in [-0.15, -0.1) is 10.2 Å². The maximum absolute atomic E-state index is 12.6. The molecule has 2 heterocycles. The Bertz CT molecular complexity index is 1140. The Hall–Kier alpha value is -3.17. The fraction of sp³-hybridized carbons (Fsp3) is 0.333. The summed E-state index contributed by atoms with van der Waals surface area (Å²) in [5.74, 6) is 0.698. The van der Waals surface area contributed by atoms with Crippen LogP contribution in [0.4, 0.5) is 5.69 Å². The molecule has 1 fully saturated rings. The third-order valence-electron chi connectivity index (χ3n) is 5.49. The van der Waals surface area contributed by atoms with E-state index >= 15 is 0 Å². The largest absolute Gasteiger partial charge is 0.376 e. The van der Waals surface area contributed by atoms with E-state index in [1.54, 1.807) is 6.07 Å². The summed E-state index contributed by atoms with van der Waals surface area (Å²) in [5, 5.41) is 15.0. The number of carbonyl (C=O) groups is 2. The zero-order valence-electron chi connectivity index (χ0n) is 18.7. The number of amides is 2. The second-order valence-electron chi connectivity index (χ2n) is 7.94. The van der Waals surface area contributed by atoms with Crippen LogP contribution in [0.5, 0.6) is 0 Å². The molecule has 2 aromatic carbocycles. The molecule has 1 aliphatic rings. The van der Waals surface area contributed by atoms with Crippen LogP contribution < -0.4 is 10.6 Å². The fourth-order valence-electron chi connectivity index (χ4n) is 3.67. The summed E-state index contributed by atoms with van der Waals surface area (Å²) in [4.78, 5) is 24.8. The first-order chi connectivity index (χ1) is 16.0. The van der Waals surface area contributed by atoms with Gasteiger partial charge in [-0.25, -0.2) is 0 Å². The molecule has 4 rings (SSSR count). The van der Waals surface area contributed by atoms with E-state index in [0.29, 0.717) is 28.8 Å². The number of anilines is 1. The van der Waals surface area contributed by atoms with E-state index in [2.05, 4.69) is 20.8 Å². The van der Waals surface area contributed by atoms with Crippen molar-refractivity contribution in [2.45, 2.75) is 31.0 Å². The van der Waals surface area contributed by atoms with E-state index in [1.807, 2.05) is 61.0 Å². The van der Waals surface area contributed by atoms with Gasteiger partial charge in [-0.3, -0.25) is 9.59 Å². The van der Waals surface area contributed by atoms with Gasteiger partial charge in [0, 0.05) is 37.0 Å². The van der Waals surface area contributed by atoms with E-state index in [-0.39, 0.29) is 23.7 Å². The molecule has 0 radical (unpaired) electrons. The highest BCUT2D eigenvalue weighted by Gasteiger charge is 2.17. The molecule has 1 aliphatic heterocycles. The third kappa shape index (κ3) is 5.80. The average molecular weight is 466 g/mol. The Morgan fingerprint density at radius 1 is 1.18 bits per heavy atom. The maximum atomic E-state index is 12.6. The van der Waals surface area contributed by atoms with Crippen molar-refractivity contribution in [1.29, 1.82) is 0 Å². The van der Waals surface area contributed by atoms with Gasteiger partial charge in [-0.1, -0.05) is 42.1 Å². The predicted molar refractivity (Wildman–Crippen MR) is 128 cm³/mol. The number of nitrogens with zero attached hydrogens (tertiary/aromatic N) is 3. The lowest BCUT2D eigenvalue weighted by Gasteiger charge is -2.10. The zero-order chi connectivity index (χ0) is 23.2. The number of aromatic nitrogens is 3. The molecule has 1 aromatic heterocycles. The van der Waals surface area contributed by atoms with Crippen molar-refractivity contribution in [3.8, 4) is 11.4 Å². The molecule has 0 aliphatic carbocycles. The van der Waals surface area contributed by atoms with Gasteiger partial charge < -0.3 is 19.9 Å². The van der Waals surface area contributed by atoms with E-state index in [4.69, 9.17) is 4.74 Å².